The van der Waals surface area contributed by atoms with Gasteiger partial charge < -0.3 is 15.7 Å². The van der Waals surface area contributed by atoms with Gasteiger partial charge in [0.2, 0.25) is 0 Å². The van der Waals surface area contributed by atoms with Crippen molar-refractivity contribution in [2.24, 2.45) is 28.4 Å². The van der Waals surface area contributed by atoms with Crippen LogP contribution in [0.3, 0.4) is 0 Å². The molecule has 3 fully saturated rings. The molecule has 182 valence electrons. The molecule has 6 heteroatoms. The number of nitrogens with one attached hydrogen (secondary N) is 3. The van der Waals surface area contributed by atoms with Crippen LogP contribution in [0.5, 0.6) is 0 Å². The number of likely N-dealkylation sites (N-methyl/N-ethyl adjacent to an activating group) is 1. The Morgan fingerprint density at radius 2 is 2.12 bits per heavy atom. The van der Waals surface area contributed by atoms with Gasteiger partial charge in [-0.2, -0.15) is 0 Å². The minimum absolute atomic E-state index is 0.0506. The topological polar surface area (TPSA) is 78.0 Å². The van der Waals surface area contributed by atoms with Gasteiger partial charge in [0, 0.05) is 6.67 Å². The van der Waals surface area contributed by atoms with Gasteiger partial charge in [-0.05, 0) is 86.8 Å². The molecular weight excluding hydrogens is 398 g/mol. The van der Waals surface area contributed by atoms with E-state index in [2.05, 4.69) is 62.4 Å². The maximum atomic E-state index is 10.0. The largest absolute Gasteiger partial charge is 0.392 e. The van der Waals surface area contributed by atoms with E-state index in [-0.39, 0.29) is 18.2 Å². The van der Waals surface area contributed by atoms with Crippen molar-refractivity contribution in [1.82, 2.24) is 15.5 Å². The van der Waals surface area contributed by atoms with E-state index in [1.807, 2.05) is 0 Å². The van der Waals surface area contributed by atoms with E-state index in [0.29, 0.717) is 23.5 Å². The summed E-state index contributed by atoms with van der Waals surface area (Å²) >= 11 is 0. The number of rotatable bonds is 6. The summed E-state index contributed by atoms with van der Waals surface area (Å²) in [6.45, 7) is 12.9. The minimum atomic E-state index is 0.0506. The second kappa shape index (κ2) is 9.47. The Kier molecular flexibility index (Phi) is 7.21. The molecule has 1 saturated carbocycles. The van der Waals surface area contributed by atoms with E-state index in [9.17, 15) is 5.11 Å². The first-order chi connectivity index (χ1) is 15.2. The average molecular weight is 447 g/mol. The molecule has 2 saturated heterocycles. The van der Waals surface area contributed by atoms with E-state index in [0.717, 1.165) is 32.2 Å². The zero-order chi connectivity index (χ0) is 23.1. The summed E-state index contributed by atoms with van der Waals surface area (Å²) in [6.07, 6.45) is 12.6. The number of aliphatic hydroxyl groups excluding tert-OH is 1. The lowest BCUT2D eigenvalue weighted by molar-refractivity contribution is -0.913. The lowest BCUT2D eigenvalue weighted by Crippen LogP contribution is -3.17. The summed E-state index contributed by atoms with van der Waals surface area (Å²) < 4.78 is 0. The Morgan fingerprint density at radius 3 is 2.88 bits per heavy atom. The van der Waals surface area contributed by atoms with Crippen LogP contribution >= 0.6 is 0 Å². The second-order valence-electron chi connectivity index (χ2n) is 11.8. The smallest absolute Gasteiger partial charge is 0.147 e. The van der Waals surface area contributed by atoms with Crippen LogP contribution in [0.4, 0.5) is 0 Å². The number of allylic oxidation sites excluding steroid dienone is 2. The molecule has 4 aliphatic rings. The van der Waals surface area contributed by atoms with Gasteiger partial charge in [-0.1, -0.05) is 32.4 Å². The number of hydrogen-bond donors (Lipinski definition) is 5. The van der Waals surface area contributed by atoms with Crippen LogP contribution in [-0.2, 0) is 0 Å². The van der Waals surface area contributed by atoms with Crippen LogP contribution < -0.4 is 21.3 Å². The number of hydrogen-bond acceptors (Lipinski definition) is 5. The third-order valence-corrected chi connectivity index (χ3v) is 10.1. The molecule has 4 unspecified atom stereocenters. The van der Waals surface area contributed by atoms with Gasteiger partial charge in [-0.15, -0.1) is 0 Å². The van der Waals surface area contributed by atoms with Gasteiger partial charge in [-0.3, -0.25) is 10.6 Å². The lowest BCUT2D eigenvalue weighted by Gasteiger charge is -2.58. The molecule has 0 aromatic rings. The van der Waals surface area contributed by atoms with Crippen molar-refractivity contribution >= 4 is 0 Å². The highest BCUT2D eigenvalue weighted by atomic mass is 16.3. The summed E-state index contributed by atoms with van der Waals surface area (Å²) in [5.74, 6) is 1.41. The molecule has 6 N–H and O–H groups in total. The van der Waals surface area contributed by atoms with Crippen molar-refractivity contribution < 1.29 is 10.0 Å². The zero-order valence-corrected chi connectivity index (χ0v) is 21.1. The fraction of sp³-hybridized carbons (Fsp3) is 0.846. The van der Waals surface area contributed by atoms with E-state index in [1.165, 1.54) is 43.3 Å². The maximum Gasteiger partial charge on any atom is 0.147 e. The Bertz CT molecular complexity index is 738. The standard InChI is InChI=1S/C26H47N5O/c1-18(11-14-31-17-30(5)24-22(31)23(27)28-16-29-24)9-12-25(3)19(2)10-13-26(4)20(15-32)7-6-8-21(25)26/h7,11,19,21-24,28-29,32H,6,8-10,12-17,27H2,1-5H3/p+1/t19-,21-,22?,23?,24?,25+,26-/m0/s1. The summed E-state index contributed by atoms with van der Waals surface area (Å²) in [4.78, 5) is 3.96. The van der Waals surface area contributed by atoms with Crippen molar-refractivity contribution in [2.75, 3.05) is 33.5 Å². The van der Waals surface area contributed by atoms with Crippen LogP contribution in [0, 0.1) is 22.7 Å². The van der Waals surface area contributed by atoms with Gasteiger partial charge in [0.15, 0.2) is 0 Å². The third-order valence-electron chi connectivity index (χ3n) is 10.1. The predicted octanol–water partition coefficient (Wildman–Crippen LogP) is 1.40. The van der Waals surface area contributed by atoms with Gasteiger partial charge in [-0.25, -0.2) is 4.90 Å². The van der Waals surface area contributed by atoms with Gasteiger partial charge in [0.1, 0.15) is 25.0 Å². The molecule has 0 radical (unpaired) electrons. The van der Waals surface area contributed by atoms with Crippen LogP contribution in [-0.4, -0.2) is 61.9 Å². The van der Waals surface area contributed by atoms with Crippen LogP contribution in [0.2, 0.25) is 0 Å². The fourth-order valence-corrected chi connectivity index (χ4v) is 7.68. The first kappa shape index (κ1) is 24.4. The molecule has 2 aliphatic carbocycles. The van der Waals surface area contributed by atoms with Crippen molar-refractivity contribution in [2.45, 2.75) is 84.6 Å². The van der Waals surface area contributed by atoms with Crippen molar-refractivity contribution in [3.8, 4) is 0 Å². The monoisotopic (exact) mass is 446 g/mol. The zero-order valence-electron chi connectivity index (χ0n) is 21.1. The highest BCUT2D eigenvalue weighted by Crippen LogP contribution is 2.61. The first-order valence-electron chi connectivity index (χ1n) is 12.9. The highest BCUT2D eigenvalue weighted by Gasteiger charge is 2.53. The number of fused-ring (bicyclic) bond motifs is 2. The Balaban J connectivity index is 1.41. The summed E-state index contributed by atoms with van der Waals surface area (Å²) in [6, 6.07) is 0.389. The van der Waals surface area contributed by atoms with E-state index in [4.69, 9.17) is 5.73 Å². The molecular formula is C26H48N5O+. The molecule has 4 rings (SSSR count). The van der Waals surface area contributed by atoms with E-state index < -0.39 is 0 Å². The van der Waals surface area contributed by atoms with Crippen molar-refractivity contribution in [3.05, 3.63) is 23.3 Å². The maximum absolute atomic E-state index is 10.0. The lowest BCUT2D eigenvalue weighted by atomic mass is 9.47. The van der Waals surface area contributed by atoms with Gasteiger partial charge >= 0.3 is 0 Å². The van der Waals surface area contributed by atoms with Crippen LogP contribution in [0.1, 0.15) is 66.2 Å². The Morgan fingerprint density at radius 1 is 1.34 bits per heavy atom. The number of nitrogens with two attached hydrogens (primary N) is 1. The predicted molar refractivity (Wildman–Crippen MR) is 131 cm³/mol. The van der Waals surface area contributed by atoms with Crippen molar-refractivity contribution in [1.29, 1.82) is 0 Å². The van der Waals surface area contributed by atoms with Crippen LogP contribution in [0.25, 0.3) is 0 Å². The molecule has 0 aromatic heterocycles. The van der Waals surface area contributed by atoms with Crippen LogP contribution in [0.15, 0.2) is 23.3 Å². The molecule has 6 nitrogen and oxygen atoms in total. The van der Waals surface area contributed by atoms with Crippen molar-refractivity contribution in [3.63, 3.8) is 0 Å². The molecule has 0 spiro atoms. The minimum Gasteiger partial charge on any atom is -0.392 e. The number of quaternary nitrogens is 1. The Hall–Kier alpha value is -0.760. The fourth-order valence-electron chi connectivity index (χ4n) is 7.68. The second-order valence-corrected chi connectivity index (χ2v) is 11.8. The molecule has 2 aliphatic heterocycles. The summed E-state index contributed by atoms with van der Waals surface area (Å²) in [5, 5.41) is 17.0. The number of aliphatic hydroxyl groups is 1. The molecule has 0 bridgehead atoms. The molecule has 2 heterocycles. The normalized spacial score (nSPS) is 45.3. The molecule has 8 atom stereocenters. The average Bonchev–Trinajstić information content (AvgIpc) is 3.10. The molecule has 32 heavy (non-hydrogen) atoms. The van der Waals surface area contributed by atoms with Gasteiger partial charge in [0.25, 0.3) is 0 Å². The van der Waals surface area contributed by atoms with E-state index >= 15 is 0 Å². The molecule has 0 aromatic carbocycles. The third kappa shape index (κ3) is 4.23. The highest BCUT2D eigenvalue weighted by molar-refractivity contribution is 5.23. The van der Waals surface area contributed by atoms with Gasteiger partial charge in [0.05, 0.1) is 13.2 Å². The SMILES string of the molecule is CC(=CC[NH+]1CN(C)C2NCNC(N)C21)CC[C@]1(C)[C@@H](C)CC[C@@]2(C)C(CO)=CCC[C@@H]12. The number of nitrogens with zero attached hydrogens (tertiary/aromatic N) is 1. The quantitative estimate of drug-likeness (QED) is 0.399. The summed E-state index contributed by atoms with van der Waals surface area (Å²) in [5.41, 5.74) is 9.77. The summed E-state index contributed by atoms with van der Waals surface area (Å²) in [7, 11) is 2.20. The Labute approximate surface area is 195 Å². The van der Waals surface area contributed by atoms with E-state index in [1.54, 1.807) is 4.90 Å². The first-order valence-corrected chi connectivity index (χ1v) is 12.9. The molecule has 0 amide bonds.